The second kappa shape index (κ2) is 13.8. The number of hydrogen-bond donors (Lipinski definition) is 1. The summed E-state index contributed by atoms with van der Waals surface area (Å²) in [5, 5.41) is 2.83. The molecule has 0 atom stereocenters. The maximum Gasteiger partial charge on any atom is 0.410 e. The van der Waals surface area contributed by atoms with Crippen LogP contribution in [0.1, 0.15) is 62.3 Å². The zero-order valence-corrected chi connectivity index (χ0v) is 23.8. The average molecular weight is 537 g/mol. The Morgan fingerprint density at radius 3 is 2.31 bits per heavy atom. The number of amides is 2. The van der Waals surface area contributed by atoms with Gasteiger partial charge < -0.3 is 19.7 Å². The molecule has 8 nitrogen and oxygen atoms in total. The van der Waals surface area contributed by atoms with Crippen LogP contribution in [0.2, 0.25) is 0 Å². The van der Waals surface area contributed by atoms with Crippen LogP contribution in [-0.4, -0.2) is 71.8 Å². The summed E-state index contributed by atoms with van der Waals surface area (Å²) in [5.74, 6) is 0. The predicted octanol–water partition coefficient (Wildman–Crippen LogP) is 5.15. The molecule has 1 fully saturated rings. The molecule has 2 aliphatic rings. The fourth-order valence-corrected chi connectivity index (χ4v) is 5.06. The number of nitrogens with zero attached hydrogens (tertiary/aromatic N) is 3. The van der Waals surface area contributed by atoms with Crippen LogP contribution >= 0.6 is 0 Å². The summed E-state index contributed by atoms with van der Waals surface area (Å²) in [7, 11) is 0. The molecule has 212 valence electrons. The van der Waals surface area contributed by atoms with Crippen molar-refractivity contribution in [2.45, 2.75) is 71.9 Å². The zero-order chi connectivity index (χ0) is 27.7. The van der Waals surface area contributed by atoms with Gasteiger partial charge in [0.15, 0.2) is 0 Å². The number of benzene rings is 2. The Morgan fingerprint density at radius 2 is 1.56 bits per heavy atom. The van der Waals surface area contributed by atoms with E-state index in [2.05, 4.69) is 33.3 Å². The highest BCUT2D eigenvalue weighted by molar-refractivity contribution is 5.69. The Kier molecular flexibility index (Phi) is 10.2. The number of unbranched alkanes of at least 4 members (excludes halogenated alkanes) is 2. The number of rotatable bonds is 10. The van der Waals surface area contributed by atoms with Crippen molar-refractivity contribution in [1.29, 1.82) is 0 Å². The van der Waals surface area contributed by atoms with E-state index in [0.717, 1.165) is 64.1 Å². The van der Waals surface area contributed by atoms with Crippen molar-refractivity contribution >= 4 is 12.2 Å². The van der Waals surface area contributed by atoms with Crippen molar-refractivity contribution in [3.63, 3.8) is 0 Å². The normalized spacial score (nSPS) is 16.1. The summed E-state index contributed by atoms with van der Waals surface area (Å²) in [5.41, 5.74) is 4.29. The topological polar surface area (TPSA) is 74.4 Å². The average Bonchev–Trinajstić information content (AvgIpc) is 3.33. The van der Waals surface area contributed by atoms with Gasteiger partial charge in [-0.05, 0) is 62.4 Å². The van der Waals surface area contributed by atoms with Crippen LogP contribution in [0.25, 0.3) is 0 Å². The summed E-state index contributed by atoms with van der Waals surface area (Å²) in [6.45, 7) is 14.2. The summed E-state index contributed by atoms with van der Waals surface area (Å²) in [4.78, 5) is 31.1. The van der Waals surface area contributed by atoms with Gasteiger partial charge in [-0.25, -0.2) is 9.59 Å². The fraction of sp³-hybridized carbons (Fsp3) is 0.548. The maximum absolute atomic E-state index is 12.6. The van der Waals surface area contributed by atoms with E-state index >= 15 is 0 Å². The van der Waals surface area contributed by atoms with Crippen LogP contribution in [0.3, 0.4) is 0 Å². The highest BCUT2D eigenvalue weighted by atomic mass is 16.6. The lowest BCUT2D eigenvalue weighted by molar-refractivity contribution is 0.0526. The van der Waals surface area contributed by atoms with Gasteiger partial charge >= 0.3 is 12.2 Å². The molecule has 0 aromatic heterocycles. The van der Waals surface area contributed by atoms with Crippen LogP contribution < -0.4 is 5.32 Å². The van der Waals surface area contributed by atoms with E-state index in [1.807, 2.05) is 51.1 Å². The predicted molar refractivity (Wildman–Crippen MR) is 152 cm³/mol. The largest absolute Gasteiger partial charge is 0.445 e. The van der Waals surface area contributed by atoms with E-state index in [9.17, 15) is 9.59 Å². The molecule has 0 saturated carbocycles. The third kappa shape index (κ3) is 9.55. The molecule has 2 aliphatic heterocycles. The number of carbonyl (C=O) groups is 2. The summed E-state index contributed by atoms with van der Waals surface area (Å²) in [6.07, 6.45) is 2.62. The third-order valence-corrected chi connectivity index (χ3v) is 7.15. The van der Waals surface area contributed by atoms with Crippen molar-refractivity contribution in [2.75, 3.05) is 39.3 Å². The number of nitrogens with one attached hydrogen (secondary N) is 1. The first-order chi connectivity index (χ1) is 18.7. The monoisotopic (exact) mass is 536 g/mol. The van der Waals surface area contributed by atoms with Crippen LogP contribution in [0.4, 0.5) is 9.59 Å². The van der Waals surface area contributed by atoms with Gasteiger partial charge in [0, 0.05) is 52.4 Å². The van der Waals surface area contributed by atoms with Gasteiger partial charge in [0.05, 0.1) is 0 Å². The summed E-state index contributed by atoms with van der Waals surface area (Å²) < 4.78 is 10.8. The smallest absolute Gasteiger partial charge is 0.410 e. The number of fused-ring (bicyclic) bond motifs is 1. The molecule has 0 bridgehead atoms. The standard InChI is InChI=1S/C31H44N4O4/c1-31(2,3)39-29(36)32-14-8-5-9-15-33-16-18-34(19-17-33)21-26-12-13-27-22-35(23-28(27)20-26)30(37)38-24-25-10-6-4-7-11-25/h4,6-7,10-13,20H,5,8-9,14-19,21-24H2,1-3H3,(H,32,36). The van der Waals surface area contributed by atoms with Crippen LogP contribution in [0.15, 0.2) is 48.5 Å². The highest BCUT2D eigenvalue weighted by Gasteiger charge is 2.25. The van der Waals surface area contributed by atoms with E-state index in [4.69, 9.17) is 9.47 Å². The van der Waals surface area contributed by atoms with E-state index in [0.29, 0.717) is 26.2 Å². The minimum absolute atomic E-state index is 0.257. The fourth-order valence-electron chi connectivity index (χ4n) is 5.06. The van der Waals surface area contributed by atoms with E-state index in [1.165, 1.54) is 16.7 Å². The minimum Gasteiger partial charge on any atom is -0.445 e. The Balaban J connectivity index is 1.10. The molecule has 2 heterocycles. The molecule has 39 heavy (non-hydrogen) atoms. The molecule has 1 N–H and O–H groups in total. The molecular weight excluding hydrogens is 492 g/mol. The second-order valence-corrected chi connectivity index (χ2v) is 11.6. The molecule has 2 amide bonds. The number of hydrogen-bond acceptors (Lipinski definition) is 6. The number of piperazine rings is 1. The lowest BCUT2D eigenvalue weighted by Crippen LogP contribution is -2.46. The van der Waals surface area contributed by atoms with Crippen molar-refractivity contribution in [2.24, 2.45) is 0 Å². The highest BCUT2D eigenvalue weighted by Crippen LogP contribution is 2.25. The Bertz CT molecular complexity index is 1080. The summed E-state index contributed by atoms with van der Waals surface area (Å²) in [6, 6.07) is 16.4. The molecule has 2 aromatic rings. The Morgan fingerprint density at radius 1 is 0.846 bits per heavy atom. The van der Waals surface area contributed by atoms with E-state index in [1.54, 1.807) is 4.90 Å². The van der Waals surface area contributed by atoms with Crippen LogP contribution in [-0.2, 0) is 35.7 Å². The first kappa shape index (κ1) is 28.9. The molecule has 4 rings (SSSR count). The first-order valence-electron chi connectivity index (χ1n) is 14.2. The van der Waals surface area contributed by atoms with Crippen molar-refractivity contribution in [3.8, 4) is 0 Å². The van der Waals surface area contributed by atoms with Gasteiger partial charge in [0.2, 0.25) is 0 Å². The molecule has 1 saturated heterocycles. The molecule has 0 spiro atoms. The molecule has 0 radical (unpaired) electrons. The number of alkyl carbamates (subject to hydrolysis) is 1. The SMILES string of the molecule is CC(C)(C)OC(=O)NCCCCCN1CCN(Cc2ccc3c(c2)CN(C(=O)OCc2ccccc2)C3)CC1. The van der Waals surface area contributed by atoms with Gasteiger partial charge in [0.1, 0.15) is 12.2 Å². The van der Waals surface area contributed by atoms with E-state index < -0.39 is 5.60 Å². The van der Waals surface area contributed by atoms with Gasteiger partial charge in [-0.3, -0.25) is 9.80 Å². The molecule has 8 heteroatoms. The quantitative estimate of drug-likeness (QED) is 0.423. The Hall–Kier alpha value is -3.10. The molecule has 0 aliphatic carbocycles. The molecular formula is C31H44N4O4. The first-order valence-corrected chi connectivity index (χ1v) is 14.2. The maximum atomic E-state index is 12.6. The van der Waals surface area contributed by atoms with E-state index in [-0.39, 0.29) is 12.2 Å². The van der Waals surface area contributed by atoms with Gasteiger partial charge in [0.25, 0.3) is 0 Å². The Labute approximate surface area is 233 Å². The van der Waals surface area contributed by atoms with Crippen LogP contribution in [0, 0.1) is 0 Å². The van der Waals surface area contributed by atoms with Gasteiger partial charge in [-0.1, -0.05) is 55.0 Å². The summed E-state index contributed by atoms with van der Waals surface area (Å²) >= 11 is 0. The third-order valence-electron chi connectivity index (χ3n) is 7.15. The lowest BCUT2D eigenvalue weighted by atomic mass is 10.1. The molecule has 2 aromatic carbocycles. The number of carbonyl (C=O) groups excluding carboxylic acids is 2. The van der Waals surface area contributed by atoms with Gasteiger partial charge in [-0.15, -0.1) is 0 Å². The second-order valence-electron chi connectivity index (χ2n) is 11.6. The van der Waals surface area contributed by atoms with Crippen molar-refractivity contribution in [3.05, 3.63) is 70.8 Å². The minimum atomic E-state index is -0.452. The lowest BCUT2D eigenvalue weighted by Gasteiger charge is -2.34. The zero-order valence-electron chi connectivity index (χ0n) is 23.8. The van der Waals surface area contributed by atoms with Crippen molar-refractivity contribution < 1.29 is 19.1 Å². The molecule has 0 unspecified atom stereocenters. The van der Waals surface area contributed by atoms with Gasteiger partial charge in [-0.2, -0.15) is 0 Å². The van der Waals surface area contributed by atoms with Crippen LogP contribution in [0.5, 0.6) is 0 Å². The number of ether oxygens (including phenoxy) is 2. The van der Waals surface area contributed by atoms with Crippen molar-refractivity contribution in [1.82, 2.24) is 20.0 Å².